The third-order valence-corrected chi connectivity index (χ3v) is 3.30. The van der Waals surface area contributed by atoms with Crippen LogP contribution >= 0.6 is 11.6 Å². The largest absolute Gasteiger partial charge is 0.471 e. The van der Waals surface area contributed by atoms with E-state index in [4.69, 9.17) is 21.1 Å². The zero-order valence-corrected chi connectivity index (χ0v) is 12.3. The highest BCUT2D eigenvalue weighted by Gasteiger charge is 2.20. The van der Waals surface area contributed by atoms with E-state index in [2.05, 4.69) is 20.3 Å². The predicted molar refractivity (Wildman–Crippen MR) is 79.1 cm³/mol. The molecule has 114 valence electrons. The van der Waals surface area contributed by atoms with Crippen LogP contribution in [0.25, 0.3) is 0 Å². The van der Waals surface area contributed by atoms with Crippen molar-refractivity contribution in [1.82, 2.24) is 15.0 Å². The number of aromatic nitrogens is 3. The van der Waals surface area contributed by atoms with Gasteiger partial charge in [0, 0.05) is 25.0 Å². The number of hydrogen-bond donors (Lipinski definition) is 1. The van der Waals surface area contributed by atoms with E-state index in [0.717, 1.165) is 6.42 Å². The topological polar surface area (TPSA) is 86.2 Å². The van der Waals surface area contributed by atoms with E-state index in [1.807, 2.05) is 0 Å². The second-order valence-electron chi connectivity index (χ2n) is 4.64. The van der Waals surface area contributed by atoms with Gasteiger partial charge < -0.3 is 9.47 Å². The van der Waals surface area contributed by atoms with Crippen molar-refractivity contribution in [3.8, 4) is 5.88 Å². The van der Waals surface area contributed by atoms with Crippen LogP contribution in [0.15, 0.2) is 30.7 Å². The van der Waals surface area contributed by atoms with Gasteiger partial charge in [0.15, 0.2) is 0 Å². The quantitative estimate of drug-likeness (QED) is 0.926. The molecule has 0 saturated carbocycles. The van der Waals surface area contributed by atoms with Crippen LogP contribution in [0.4, 0.5) is 5.95 Å². The third-order valence-electron chi connectivity index (χ3n) is 3.03. The molecular formula is C14H13ClN4O3. The smallest absolute Gasteiger partial charge is 0.259 e. The zero-order chi connectivity index (χ0) is 15.4. The lowest BCUT2D eigenvalue weighted by Gasteiger charge is -2.12. The highest BCUT2D eigenvalue weighted by molar-refractivity contribution is 6.32. The molecule has 0 aromatic carbocycles. The molecule has 1 amide bonds. The minimum atomic E-state index is -0.392. The molecule has 3 rings (SSSR count). The maximum Gasteiger partial charge on any atom is 0.259 e. The van der Waals surface area contributed by atoms with E-state index in [0.29, 0.717) is 24.7 Å². The van der Waals surface area contributed by atoms with Gasteiger partial charge >= 0.3 is 0 Å². The molecule has 2 aromatic rings. The van der Waals surface area contributed by atoms with E-state index in [1.165, 1.54) is 24.7 Å². The van der Waals surface area contributed by atoms with E-state index in [1.54, 1.807) is 6.07 Å². The summed E-state index contributed by atoms with van der Waals surface area (Å²) in [6.45, 7) is 1.19. The lowest BCUT2D eigenvalue weighted by atomic mass is 10.2. The minimum Gasteiger partial charge on any atom is -0.471 e. The summed E-state index contributed by atoms with van der Waals surface area (Å²) in [7, 11) is 0. The first-order chi connectivity index (χ1) is 10.7. The van der Waals surface area contributed by atoms with Crippen molar-refractivity contribution < 1.29 is 14.3 Å². The summed E-state index contributed by atoms with van der Waals surface area (Å²) in [5, 5.41) is 2.83. The molecule has 7 nitrogen and oxygen atoms in total. The van der Waals surface area contributed by atoms with Gasteiger partial charge in [0.1, 0.15) is 11.1 Å². The van der Waals surface area contributed by atoms with Crippen LogP contribution in [0.5, 0.6) is 5.88 Å². The molecule has 1 saturated heterocycles. The molecular weight excluding hydrogens is 308 g/mol. The van der Waals surface area contributed by atoms with Gasteiger partial charge in [0.2, 0.25) is 11.8 Å². The summed E-state index contributed by atoms with van der Waals surface area (Å²) in [6, 6.07) is 3.16. The van der Waals surface area contributed by atoms with Gasteiger partial charge in [0.05, 0.1) is 18.8 Å². The van der Waals surface area contributed by atoms with E-state index in [9.17, 15) is 4.79 Å². The molecule has 0 radical (unpaired) electrons. The number of amides is 1. The van der Waals surface area contributed by atoms with Crippen LogP contribution in [0, 0.1) is 0 Å². The number of carbonyl (C=O) groups excluding carboxylic acids is 1. The van der Waals surface area contributed by atoms with E-state index < -0.39 is 5.91 Å². The zero-order valence-electron chi connectivity index (χ0n) is 11.5. The maximum atomic E-state index is 12.1. The summed E-state index contributed by atoms with van der Waals surface area (Å²) in [4.78, 5) is 24.0. The lowest BCUT2D eigenvalue weighted by molar-refractivity contribution is 0.102. The summed E-state index contributed by atoms with van der Waals surface area (Å²) >= 11 is 6.12. The van der Waals surface area contributed by atoms with Crippen molar-refractivity contribution in [2.45, 2.75) is 12.5 Å². The molecule has 1 aliphatic rings. The van der Waals surface area contributed by atoms with Crippen molar-refractivity contribution in [2.75, 3.05) is 18.5 Å². The van der Waals surface area contributed by atoms with Crippen molar-refractivity contribution in [3.63, 3.8) is 0 Å². The number of hydrogen-bond acceptors (Lipinski definition) is 6. The Hall–Kier alpha value is -2.25. The summed E-state index contributed by atoms with van der Waals surface area (Å²) < 4.78 is 10.9. The number of anilines is 1. The Labute approximate surface area is 131 Å². The molecule has 1 aliphatic heterocycles. The van der Waals surface area contributed by atoms with Crippen LogP contribution in [-0.4, -0.2) is 40.2 Å². The Balaban J connectivity index is 1.69. The molecule has 8 heteroatoms. The Morgan fingerprint density at radius 2 is 2.18 bits per heavy atom. The number of pyridine rings is 1. The molecule has 0 unspecified atom stereocenters. The second-order valence-corrected chi connectivity index (χ2v) is 5.05. The predicted octanol–water partition coefficient (Wildman–Crippen LogP) is 1.94. The fraction of sp³-hybridized carbons (Fsp3) is 0.286. The Morgan fingerprint density at radius 3 is 2.86 bits per heavy atom. The van der Waals surface area contributed by atoms with Crippen LogP contribution in [0.2, 0.25) is 5.02 Å². The van der Waals surface area contributed by atoms with Crippen LogP contribution in [-0.2, 0) is 4.74 Å². The van der Waals surface area contributed by atoms with Gasteiger partial charge in [-0.25, -0.2) is 15.0 Å². The number of nitrogens with zero attached hydrogens (tertiary/aromatic N) is 3. The van der Waals surface area contributed by atoms with Crippen LogP contribution in [0.1, 0.15) is 16.8 Å². The van der Waals surface area contributed by atoms with Crippen LogP contribution < -0.4 is 10.1 Å². The second kappa shape index (κ2) is 6.67. The first kappa shape index (κ1) is 14.7. The number of carbonyl (C=O) groups is 1. The van der Waals surface area contributed by atoms with E-state index >= 15 is 0 Å². The summed E-state index contributed by atoms with van der Waals surface area (Å²) in [5.74, 6) is 0.119. The minimum absolute atomic E-state index is 0.0533. The number of nitrogens with one attached hydrogen (secondary N) is 1. The fourth-order valence-corrected chi connectivity index (χ4v) is 2.15. The van der Waals surface area contributed by atoms with Gasteiger partial charge in [0.25, 0.3) is 5.91 Å². The summed E-state index contributed by atoms with van der Waals surface area (Å²) in [6.07, 6.45) is 5.21. The Kier molecular flexibility index (Phi) is 4.45. The van der Waals surface area contributed by atoms with Gasteiger partial charge in [-0.05, 0) is 12.1 Å². The average Bonchev–Trinajstić information content (AvgIpc) is 3.03. The van der Waals surface area contributed by atoms with Crippen molar-refractivity contribution in [1.29, 1.82) is 0 Å². The average molecular weight is 321 g/mol. The van der Waals surface area contributed by atoms with Gasteiger partial charge in [-0.1, -0.05) is 11.6 Å². The molecule has 22 heavy (non-hydrogen) atoms. The molecule has 1 fully saturated rings. The van der Waals surface area contributed by atoms with Gasteiger partial charge in [-0.3, -0.25) is 10.1 Å². The number of rotatable bonds is 4. The van der Waals surface area contributed by atoms with Gasteiger partial charge in [-0.2, -0.15) is 0 Å². The first-order valence-corrected chi connectivity index (χ1v) is 7.08. The standard InChI is InChI=1S/C14H13ClN4O3/c15-11-6-9(12(20)19-14-16-3-1-4-17-14)7-18-13(11)22-10-2-5-21-8-10/h1,3-4,6-7,10H,2,5,8H2,(H,16,17,19,20)/t10-/m1/s1. The number of halogens is 1. The molecule has 0 bridgehead atoms. The molecule has 3 heterocycles. The highest BCUT2D eigenvalue weighted by Crippen LogP contribution is 2.25. The lowest BCUT2D eigenvalue weighted by Crippen LogP contribution is -2.18. The molecule has 1 atom stereocenters. The normalized spacial score (nSPS) is 17.2. The maximum absolute atomic E-state index is 12.1. The van der Waals surface area contributed by atoms with Crippen molar-refractivity contribution in [2.24, 2.45) is 0 Å². The Morgan fingerprint density at radius 1 is 1.36 bits per heavy atom. The molecule has 0 spiro atoms. The molecule has 1 N–H and O–H groups in total. The molecule has 0 aliphatic carbocycles. The summed E-state index contributed by atoms with van der Waals surface area (Å²) in [5.41, 5.74) is 0.299. The van der Waals surface area contributed by atoms with Crippen molar-refractivity contribution >= 4 is 23.5 Å². The fourth-order valence-electron chi connectivity index (χ4n) is 1.94. The number of ether oxygens (including phenoxy) is 2. The van der Waals surface area contributed by atoms with Crippen LogP contribution in [0.3, 0.4) is 0 Å². The van der Waals surface area contributed by atoms with Crippen molar-refractivity contribution in [3.05, 3.63) is 41.3 Å². The van der Waals surface area contributed by atoms with E-state index in [-0.39, 0.29) is 17.1 Å². The first-order valence-electron chi connectivity index (χ1n) is 6.70. The van der Waals surface area contributed by atoms with Gasteiger partial charge in [-0.15, -0.1) is 0 Å². The highest BCUT2D eigenvalue weighted by atomic mass is 35.5. The Bertz CT molecular complexity index is 662. The monoisotopic (exact) mass is 320 g/mol. The third kappa shape index (κ3) is 3.49. The molecule has 2 aromatic heterocycles. The SMILES string of the molecule is O=C(Nc1ncccn1)c1cnc(O[C@@H]2CCOC2)c(Cl)c1.